The lowest BCUT2D eigenvalue weighted by atomic mass is 10.0. The summed E-state index contributed by atoms with van der Waals surface area (Å²) in [6.07, 6.45) is 0. The Morgan fingerprint density at radius 3 is 2.56 bits per heavy atom. The molecule has 0 aliphatic carbocycles. The summed E-state index contributed by atoms with van der Waals surface area (Å²) in [5.41, 5.74) is 2.11. The monoisotopic (exact) mass is 251 g/mol. The van der Waals surface area contributed by atoms with Gasteiger partial charge in [0.1, 0.15) is 11.8 Å². The maximum absolute atomic E-state index is 11.0. The van der Waals surface area contributed by atoms with Crippen molar-refractivity contribution in [2.24, 2.45) is 5.92 Å². The second kappa shape index (κ2) is 6.40. The molecule has 1 aromatic rings. The number of carboxylic acid groups (broad SMARTS) is 1. The number of carboxylic acids is 1. The summed E-state index contributed by atoms with van der Waals surface area (Å²) in [7, 11) is 1.64. The third-order valence-electron chi connectivity index (χ3n) is 2.92. The van der Waals surface area contributed by atoms with Gasteiger partial charge in [-0.15, -0.1) is 0 Å². The second-order valence-electron chi connectivity index (χ2n) is 4.74. The lowest BCUT2D eigenvalue weighted by Crippen LogP contribution is -2.40. The molecule has 0 bridgehead atoms. The zero-order chi connectivity index (χ0) is 13.7. The van der Waals surface area contributed by atoms with E-state index in [0.29, 0.717) is 6.54 Å². The smallest absolute Gasteiger partial charge is 0.320 e. The Labute approximate surface area is 108 Å². The molecule has 2 N–H and O–H groups in total. The fraction of sp³-hybridized carbons (Fsp3) is 0.500. The van der Waals surface area contributed by atoms with E-state index in [1.54, 1.807) is 7.11 Å². The van der Waals surface area contributed by atoms with Gasteiger partial charge < -0.3 is 15.2 Å². The summed E-state index contributed by atoms with van der Waals surface area (Å²) in [6.45, 7) is 6.30. The molecule has 0 saturated heterocycles. The largest absolute Gasteiger partial charge is 0.496 e. The number of benzene rings is 1. The van der Waals surface area contributed by atoms with Crippen molar-refractivity contribution >= 4 is 5.97 Å². The highest BCUT2D eigenvalue weighted by Crippen LogP contribution is 2.18. The number of hydrogen-bond acceptors (Lipinski definition) is 3. The van der Waals surface area contributed by atoms with Crippen LogP contribution in [0.5, 0.6) is 5.75 Å². The molecule has 0 saturated carbocycles. The Kier molecular flexibility index (Phi) is 5.16. The van der Waals surface area contributed by atoms with Gasteiger partial charge in [0.05, 0.1) is 7.11 Å². The van der Waals surface area contributed by atoms with E-state index in [9.17, 15) is 4.79 Å². The van der Waals surface area contributed by atoms with Crippen LogP contribution >= 0.6 is 0 Å². The van der Waals surface area contributed by atoms with Crippen molar-refractivity contribution in [2.45, 2.75) is 33.4 Å². The fourth-order valence-electron chi connectivity index (χ4n) is 1.89. The van der Waals surface area contributed by atoms with Gasteiger partial charge in [0.25, 0.3) is 0 Å². The maximum Gasteiger partial charge on any atom is 0.320 e. The van der Waals surface area contributed by atoms with Gasteiger partial charge in [0.2, 0.25) is 0 Å². The van der Waals surface area contributed by atoms with Crippen LogP contribution in [0.1, 0.15) is 25.0 Å². The predicted molar refractivity (Wildman–Crippen MR) is 70.8 cm³/mol. The fourth-order valence-corrected chi connectivity index (χ4v) is 1.89. The molecule has 0 spiro atoms. The minimum absolute atomic E-state index is 0.0573. The molecule has 4 heteroatoms. The van der Waals surface area contributed by atoms with Crippen LogP contribution in [0.4, 0.5) is 0 Å². The average molecular weight is 251 g/mol. The summed E-state index contributed by atoms with van der Waals surface area (Å²) < 4.78 is 5.19. The van der Waals surface area contributed by atoms with Gasteiger partial charge in [-0.05, 0) is 30.0 Å². The zero-order valence-corrected chi connectivity index (χ0v) is 11.4. The molecular weight excluding hydrogens is 230 g/mol. The molecule has 100 valence electrons. The van der Waals surface area contributed by atoms with E-state index in [0.717, 1.165) is 16.9 Å². The van der Waals surface area contributed by atoms with Crippen LogP contribution in [-0.2, 0) is 11.3 Å². The standard InChI is InChI=1S/C14H21NO3/c1-9(2)13(14(16)17)15-8-11-5-6-12(18-4)10(3)7-11/h5-7,9,13,15H,8H2,1-4H3,(H,16,17). The highest BCUT2D eigenvalue weighted by Gasteiger charge is 2.20. The number of aliphatic carboxylic acids is 1. The number of carbonyl (C=O) groups is 1. The quantitative estimate of drug-likeness (QED) is 0.813. The minimum atomic E-state index is -0.810. The van der Waals surface area contributed by atoms with Crippen LogP contribution < -0.4 is 10.1 Å². The maximum atomic E-state index is 11.0. The van der Waals surface area contributed by atoms with E-state index < -0.39 is 12.0 Å². The number of methoxy groups -OCH3 is 1. The van der Waals surface area contributed by atoms with E-state index >= 15 is 0 Å². The predicted octanol–water partition coefficient (Wildman–Crippen LogP) is 2.20. The number of rotatable bonds is 6. The average Bonchev–Trinajstić information content (AvgIpc) is 2.28. The van der Waals surface area contributed by atoms with E-state index in [2.05, 4.69) is 5.32 Å². The number of hydrogen-bond donors (Lipinski definition) is 2. The first-order valence-electron chi connectivity index (χ1n) is 6.05. The van der Waals surface area contributed by atoms with Crippen LogP contribution in [0.25, 0.3) is 0 Å². The molecule has 0 aliphatic heterocycles. The van der Waals surface area contributed by atoms with E-state index in [-0.39, 0.29) is 5.92 Å². The third-order valence-corrected chi connectivity index (χ3v) is 2.92. The van der Waals surface area contributed by atoms with Crippen molar-refractivity contribution in [3.05, 3.63) is 29.3 Å². The number of aryl methyl sites for hydroxylation is 1. The Balaban J connectivity index is 2.68. The Morgan fingerprint density at radius 1 is 1.44 bits per heavy atom. The lowest BCUT2D eigenvalue weighted by Gasteiger charge is -2.18. The Hall–Kier alpha value is -1.55. The first kappa shape index (κ1) is 14.5. The molecule has 0 aliphatic rings. The third kappa shape index (κ3) is 3.74. The topological polar surface area (TPSA) is 58.6 Å². The highest BCUT2D eigenvalue weighted by molar-refractivity contribution is 5.73. The Morgan fingerprint density at radius 2 is 2.11 bits per heavy atom. The van der Waals surface area contributed by atoms with Gasteiger partial charge in [-0.3, -0.25) is 4.79 Å². The van der Waals surface area contributed by atoms with Gasteiger partial charge in [-0.1, -0.05) is 26.0 Å². The van der Waals surface area contributed by atoms with Crippen LogP contribution in [0, 0.1) is 12.8 Å². The summed E-state index contributed by atoms with van der Waals surface area (Å²) >= 11 is 0. The van der Waals surface area contributed by atoms with Gasteiger partial charge >= 0.3 is 5.97 Å². The minimum Gasteiger partial charge on any atom is -0.496 e. The van der Waals surface area contributed by atoms with Gasteiger partial charge in [0, 0.05) is 6.54 Å². The molecule has 0 amide bonds. The van der Waals surface area contributed by atoms with E-state index in [1.807, 2.05) is 39.0 Å². The molecule has 0 fully saturated rings. The van der Waals surface area contributed by atoms with E-state index in [1.165, 1.54) is 0 Å². The van der Waals surface area contributed by atoms with Crippen molar-refractivity contribution in [3.63, 3.8) is 0 Å². The number of ether oxygens (including phenoxy) is 1. The van der Waals surface area contributed by atoms with Crippen LogP contribution in [0.15, 0.2) is 18.2 Å². The first-order chi connectivity index (χ1) is 8.45. The molecule has 1 unspecified atom stereocenters. The molecule has 1 aromatic carbocycles. The van der Waals surface area contributed by atoms with Crippen molar-refractivity contribution in [1.82, 2.24) is 5.32 Å². The molecule has 0 radical (unpaired) electrons. The van der Waals surface area contributed by atoms with Crippen molar-refractivity contribution < 1.29 is 14.6 Å². The Bertz CT molecular complexity index is 416. The zero-order valence-electron chi connectivity index (χ0n) is 11.4. The second-order valence-corrected chi connectivity index (χ2v) is 4.74. The molecule has 1 atom stereocenters. The SMILES string of the molecule is COc1ccc(CNC(C(=O)O)C(C)C)cc1C. The van der Waals surface area contributed by atoms with Crippen LogP contribution in [-0.4, -0.2) is 24.2 Å². The van der Waals surface area contributed by atoms with Crippen molar-refractivity contribution in [2.75, 3.05) is 7.11 Å². The van der Waals surface area contributed by atoms with Gasteiger partial charge in [0.15, 0.2) is 0 Å². The molecular formula is C14H21NO3. The van der Waals surface area contributed by atoms with Crippen LogP contribution in [0.3, 0.4) is 0 Å². The van der Waals surface area contributed by atoms with E-state index in [4.69, 9.17) is 9.84 Å². The molecule has 0 aromatic heterocycles. The highest BCUT2D eigenvalue weighted by atomic mass is 16.5. The molecule has 0 heterocycles. The van der Waals surface area contributed by atoms with Crippen molar-refractivity contribution in [3.8, 4) is 5.75 Å². The normalized spacial score (nSPS) is 12.5. The molecule has 1 rings (SSSR count). The van der Waals surface area contributed by atoms with Gasteiger partial charge in [-0.25, -0.2) is 0 Å². The first-order valence-corrected chi connectivity index (χ1v) is 6.05. The summed E-state index contributed by atoms with van der Waals surface area (Å²) in [5, 5.41) is 12.1. The number of nitrogens with one attached hydrogen (secondary N) is 1. The van der Waals surface area contributed by atoms with Crippen LogP contribution in [0.2, 0.25) is 0 Å². The molecule has 18 heavy (non-hydrogen) atoms. The summed E-state index contributed by atoms with van der Waals surface area (Å²) in [5.74, 6) is 0.0921. The lowest BCUT2D eigenvalue weighted by molar-refractivity contribution is -0.140. The van der Waals surface area contributed by atoms with Gasteiger partial charge in [-0.2, -0.15) is 0 Å². The molecule has 4 nitrogen and oxygen atoms in total. The summed E-state index contributed by atoms with van der Waals surface area (Å²) in [6, 6.07) is 5.33. The van der Waals surface area contributed by atoms with Crippen molar-refractivity contribution in [1.29, 1.82) is 0 Å². The summed E-state index contributed by atoms with van der Waals surface area (Å²) in [4.78, 5) is 11.0.